The van der Waals surface area contributed by atoms with E-state index in [9.17, 15) is 10.1 Å². The Bertz CT molecular complexity index is 629. The number of hydrogen-bond donors (Lipinski definition) is 0. The first-order chi connectivity index (χ1) is 8.95. The van der Waals surface area contributed by atoms with Gasteiger partial charge in [-0.05, 0) is 43.3 Å². The topological polar surface area (TPSA) is 68.9 Å². The molecule has 0 aliphatic carbocycles. The van der Waals surface area contributed by atoms with E-state index in [2.05, 4.69) is 9.97 Å². The minimum Gasteiger partial charge on any atom is -0.258 e. The highest BCUT2D eigenvalue weighted by Crippen LogP contribution is 2.30. The van der Waals surface area contributed by atoms with Crippen LogP contribution in [-0.2, 0) is 0 Å². The molecule has 0 saturated heterocycles. The first-order valence-electron chi connectivity index (χ1n) is 5.40. The summed E-state index contributed by atoms with van der Waals surface area (Å²) in [6.45, 7) is 3.65. The smallest absolute Gasteiger partial charge is 0.258 e. The highest BCUT2D eigenvalue weighted by molar-refractivity contribution is 7.99. The highest BCUT2D eigenvalue weighted by atomic mass is 35.5. The zero-order chi connectivity index (χ0) is 14.0. The van der Waals surface area contributed by atoms with Crippen LogP contribution in [0.5, 0.6) is 0 Å². The van der Waals surface area contributed by atoms with Crippen molar-refractivity contribution >= 4 is 29.1 Å². The van der Waals surface area contributed by atoms with Crippen molar-refractivity contribution in [1.29, 1.82) is 0 Å². The standard InChI is InChI=1S/C12H10ClN3O2S/c1-7-5-9(16(17)18)3-4-10(7)19-12-14-8(2)6-11(13)15-12/h3-6H,1-2H3. The van der Waals surface area contributed by atoms with Crippen molar-refractivity contribution in [2.45, 2.75) is 23.9 Å². The molecule has 0 spiro atoms. The Kier molecular flexibility index (Phi) is 4.01. The summed E-state index contributed by atoms with van der Waals surface area (Å²) in [4.78, 5) is 19.5. The molecule has 2 aromatic rings. The zero-order valence-electron chi connectivity index (χ0n) is 10.3. The molecule has 7 heteroatoms. The molecule has 0 amide bonds. The molecule has 0 aliphatic heterocycles. The van der Waals surface area contributed by atoms with Gasteiger partial charge in [-0.25, -0.2) is 9.97 Å². The van der Waals surface area contributed by atoms with Gasteiger partial charge in [-0.1, -0.05) is 11.6 Å². The van der Waals surface area contributed by atoms with Crippen LogP contribution in [0.4, 0.5) is 5.69 Å². The maximum Gasteiger partial charge on any atom is 0.269 e. The van der Waals surface area contributed by atoms with Crippen LogP contribution >= 0.6 is 23.4 Å². The average molecular weight is 296 g/mol. The second kappa shape index (κ2) is 5.54. The van der Waals surface area contributed by atoms with Crippen molar-refractivity contribution in [3.63, 3.8) is 0 Å². The number of aromatic nitrogens is 2. The number of nitrogens with zero attached hydrogens (tertiary/aromatic N) is 3. The average Bonchev–Trinajstić information content (AvgIpc) is 2.30. The maximum atomic E-state index is 10.7. The first-order valence-corrected chi connectivity index (χ1v) is 6.59. The van der Waals surface area contributed by atoms with E-state index in [0.717, 1.165) is 16.2 Å². The summed E-state index contributed by atoms with van der Waals surface area (Å²) < 4.78 is 0. The zero-order valence-corrected chi connectivity index (χ0v) is 11.8. The quantitative estimate of drug-likeness (QED) is 0.373. The lowest BCUT2D eigenvalue weighted by atomic mass is 10.2. The largest absolute Gasteiger partial charge is 0.269 e. The molecule has 19 heavy (non-hydrogen) atoms. The van der Waals surface area contributed by atoms with E-state index in [4.69, 9.17) is 11.6 Å². The molecule has 0 bridgehead atoms. The minimum absolute atomic E-state index is 0.0741. The van der Waals surface area contributed by atoms with E-state index in [1.165, 1.54) is 23.9 Å². The number of non-ortho nitro benzene ring substituents is 1. The summed E-state index contributed by atoms with van der Waals surface area (Å²) in [5, 5.41) is 11.6. The van der Waals surface area contributed by atoms with Crippen LogP contribution in [0.1, 0.15) is 11.3 Å². The molecule has 0 atom stereocenters. The minimum atomic E-state index is -0.415. The molecule has 0 unspecified atom stereocenters. The second-order valence-electron chi connectivity index (χ2n) is 3.92. The van der Waals surface area contributed by atoms with Crippen LogP contribution in [0.15, 0.2) is 34.3 Å². The van der Waals surface area contributed by atoms with Gasteiger partial charge in [-0.3, -0.25) is 10.1 Å². The van der Waals surface area contributed by atoms with E-state index in [1.807, 2.05) is 13.8 Å². The van der Waals surface area contributed by atoms with Crippen molar-refractivity contribution in [2.75, 3.05) is 0 Å². The summed E-state index contributed by atoms with van der Waals surface area (Å²) in [7, 11) is 0. The third-order valence-electron chi connectivity index (χ3n) is 2.37. The third-order valence-corrected chi connectivity index (χ3v) is 3.61. The Hall–Kier alpha value is -1.66. The fourth-order valence-corrected chi connectivity index (χ4v) is 2.68. The van der Waals surface area contributed by atoms with Gasteiger partial charge in [0.25, 0.3) is 5.69 Å². The van der Waals surface area contributed by atoms with E-state index < -0.39 is 4.92 Å². The number of aryl methyl sites for hydroxylation is 2. The van der Waals surface area contributed by atoms with Crippen LogP contribution in [0.2, 0.25) is 5.15 Å². The first kappa shape index (κ1) is 13.8. The molecular formula is C12H10ClN3O2S. The molecule has 2 rings (SSSR count). The molecule has 1 aromatic carbocycles. The molecule has 98 valence electrons. The van der Waals surface area contributed by atoms with Gasteiger partial charge in [0, 0.05) is 22.7 Å². The molecule has 0 N–H and O–H groups in total. The predicted molar refractivity (Wildman–Crippen MR) is 73.7 cm³/mol. The SMILES string of the molecule is Cc1cc(Cl)nc(Sc2ccc([N+](=O)[O-])cc2C)n1. The highest BCUT2D eigenvalue weighted by Gasteiger charge is 2.10. The van der Waals surface area contributed by atoms with Crippen molar-refractivity contribution in [3.8, 4) is 0 Å². The molecule has 1 heterocycles. The molecule has 0 saturated carbocycles. The Morgan fingerprint density at radius 2 is 2.00 bits per heavy atom. The Morgan fingerprint density at radius 3 is 2.58 bits per heavy atom. The predicted octanol–water partition coefficient (Wildman–Crippen LogP) is 3.81. The molecular weight excluding hydrogens is 286 g/mol. The van der Waals surface area contributed by atoms with Crippen LogP contribution < -0.4 is 0 Å². The number of nitro groups is 1. The summed E-state index contributed by atoms with van der Waals surface area (Å²) >= 11 is 7.20. The van der Waals surface area contributed by atoms with Crippen molar-refractivity contribution in [2.24, 2.45) is 0 Å². The van der Waals surface area contributed by atoms with Gasteiger partial charge >= 0.3 is 0 Å². The van der Waals surface area contributed by atoms with E-state index in [0.29, 0.717) is 10.3 Å². The maximum absolute atomic E-state index is 10.7. The molecule has 5 nitrogen and oxygen atoms in total. The monoisotopic (exact) mass is 295 g/mol. The number of rotatable bonds is 3. The van der Waals surface area contributed by atoms with Crippen LogP contribution in [-0.4, -0.2) is 14.9 Å². The van der Waals surface area contributed by atoms with Crippen LogP contribution in [0, 0.1) is 24.0 Å². The van der Waals surface area contributed by atoms with Gasteiger partial charge in [0.2, 0.25) is 0 Å². The van der Waals surface area contributed by atoms with E-state index in [1.54, 1.807) is 12.1 Å². The van der Waals surface area contributed by atoms with Gasteiger partial charge in [0.15, 0.2) is 5.16 Å². The molecule has 1 aromatic heterocycles. The molecule has 0 aliphatic rings. The van der Waals surface area contributed by atoms with Gasteiger partial charge in [-0.2, -0.15) is 0 Å². The van der Waals surface area contributed by atoms with Crippen molar-refractivity contribution in [1.82, 2.24) is 9.97 Å². The van der Waals surface area contributed by atoms with Crippen LogP contribution in [0.3, 0.4) is 0 Å². The van der Waals surface area contributed by atoms with Gasteiger partial charge < -0.3 is 0 Å². The van der Waals surface area contributed by atoms with Crippen molar-refractivity contribution in [3.05, 3.63) is 50.8 Å². The van der Waals surface area contributed by atoms with Gasteiger partial charge in [-0.15, -0.1) is 0 Å². The molecule has 0 fully saturated rings. The van der Waals surface area contributed by atoms with Gasteiger partial charge in [0.05, 0.1) is 4.92 Å². The van der Waals surface area contributed by atoms with E-state index in [-0.39, 0.29) is 5.69 Å². The lowest BCUT2D eigenvalue weighted by molar-refractivity contribution is -0.385. The Morgan fingerprint density at radius 1 is 1.26 bits per heavy atom. The van der Waals surface area contributed by atoms with Crippen molar-refractivity contribution < 1.29 is 4.92 Å². The molecule has 0 radical (unpaired) electrons. The number of benzene rings is 1. The normalized spacial score (nSPS) is 10.5. The van der Waals surface area contributed by atoms with Gasteiger partial charge in [0.1, 0.15) is 5.15 Å². The number of hydrogen-bond acceptors (Lipinski definition) is 5. The second-order valence-corrected chi connectivity index (χ2v) is 5.32. The fourth-order valence-electron chi connectivity index (χ4n) is 1.51. The number of nitro benzene ring substituents is 1. The summed E-state index contributed by atoms with van der Waals surface area (Å²) in [6, 6.07) is 6.36. The summed E-state index contributed by atoms with van der Waals surface area (Å²) in [5.41, 5.74) is 1.66. The number of halogens is 1. The summed E-state index contributed by atoms with van der Waals surface area (Å²) in [5.74, 6) is 0. The van der Waals surface area contributed by atoms with E-state index >= 15 is 0 Å². The Balaban J connectivity index is 2.30. The lowest BCUT2D eigenvalue weighted by Crippen LogP contribution is -1.92. The Labute approximate surface area is 119 Å². The van der Waals surface area contributed by atoms with Crippen LogP contribution in [0.25, 0.3) is 0 Å². The lowest BCUT2D eigenvalue weighted by Gasteiger charge is -2.05. The third kappa shape index (κ3) is 3.42. The fraction of sp³-hybridized carbons (Fsp3) is 0.167. The summed E-state index contributed by atoms with van der Waals surface area (Å²) in [6.07, 6.45) is 0.